The standard InChI is InChI=1S/C16H24N6/c1-3-13-17-18-14-5-6-15(19-22(13)14)21-10-8-16(12-21)7-4-9-20(2)11-16/h5-6H,3-4,7-12H2,1-2H3/t16-/m1/s1. The van der Waals surface area contributed by atoms with Crippen LogP contribution < -0.4 is 4.90 Å². The lowest BCUT2D eigenvalue weighted by molar-refractivity contribution is 0.128. The molecular formula is C16H24N6. The van der Waals surface area contributed by atoms with Gasteiger partial charge in [-0.25, -0.2) is 0 Å². The normalized spacial score (nSPS) is 26.4. The summed E-state index contributed by atoms with van der Waals surface area (Å²) in [5.74, 6) is 2.00. The molecule has 2 aromatic rings. The van der Waals surface area contributed by atoms with Crippen LogP contribution in [0.4, 0.5) is 5.82 Å². The first kappa shape index (κ1) is 13.9. The Balaban J connectivity index is 1.60. The van der Waals surface area contributed by atoms with Gasteiger partial charge in [-0.2, -0.15) is 4.52 Å². The van der Waals surface area contributed by atoms with Gasteiger partial charge in [0.1, 0.15) is 5.82 Å². The molecule has 2 saturated heterocycles. The molecule has 118 valence electrons. The zero-order valence-corrected chi connectivity index (χ0v) is 13.5. The summed E-state index contributed by atoms with van der Waals surface area (Å²) in [5, 5.41) is 13.2. The molecule has 0 radical (unpaired) electrons. The molecule has 1 atom stereocenters. The van der Waals surface area contributed by atoms with Gasteiger partial charge in [-0.15, -0.1) is 15.3 Å². The molecule has 0 N–H and O–H groups in total. The van der Waals surface area contributed by atoms with Gasteiger partial charge in [-0.05, 0) is 45.0 Å². The quantitative estimate of drug-likeness (QED) is 0.843. The van der Waals surface area contributed by atoms with E-state index in [4.69, 9.17) is 5.10 Å². The Labute approximate surface area is 131 Å². The smallest absolute Gasteiger partial charge is 0.178 e. The van der Waals surface area contributed by atoms with Crippen molar-refractivity contribution in [2.24, 2.45) is 5.41 Å². The molecule has 0 aliphatic carbocycles. The molecule has 2 aromatic heterocycles. The minimum atomic E-state index is 0.463. The van der Waals surface area contributed by atoms with Crippen molar-refractivity contribution < 1.29 is 0 Å². The van der Waals surface area contributed by atoms with Gasteiger partial charge in [0.2, 0.25) is 0 Å². The zero-order chi connectivity index (χ0) is 15.2. The van der Waals surface area contributed by atoms with Crippen LogP contribution in [0.5, 0.6) is 0 Å². The maximum atomic E-state index is 4.79. The number of rotatable bonds is 2. The van der Waals surface area contributed by atoms with Crippen LogP contribution in [0.3, 0.4) is 0 Å². The van der Waals surface area contributed by atoms with Gasteiger partial charge in [0.25, 0.3) is 0 Å². The third-order valence-corrected chi connectivity index (χ3v) is 5.24. The topological polar surface area (TPSA) is 49.6 Å². The van der Waals surface area contributed by atoms with Gasteiger partial charge in [0.05, 0.1) is 0 Å². The third-order valence-electron chi connectivity index (χ3n) is 5.24. The van der Waals surface area contributed by atoms with E-state index in [0.29, 0.717) is 5.41 Å². The first-order chi connectivity index (χ1) is 10.7. The molecule has 4 heterocycles. The summed E-state index contributed by atoms with van der Waals surface area (Å²) in [7, 11) is 2.25. The molecule has 0 unspecified atom stereocenters. The summed E-state index contributed by atoms with van der Waals surface area (Å²) >= 11 is 0. The number of piperidine rings is 1. The van der Waals surface area contributed by atoms with Crippen molar-refractivity contribution in [3.8, 4) is 0 Å². The highest BCUT2D eigenvalue weighted by Crippen LogP contribution is 2.39. The molecule has 6 heteroatoms. The van der Waals surface area contributed by atoms with Gasteiger partial charge in [-0.3, -0.25) is 0 Å². The summed E-state index contributed by atoms with van der Waals surface area (Å²) in [6.07, 6.45) is 4.80. The van der Waals surface area contributed by atoms with Crippen LogP contribution in [0.1, 0.15) is 32.0 Å². The summed E-state index contributed by atoms with van der Waals surface area (Å²) in [6.45, 7) is 6.79. The van der Waals surface area contributed by atoms with E-state index in [1.54, 1.807) is 0 Å². The molecule has 6 nitrogen and oxygen atoms in total. The van der Waals surface area contributed by atoms with Crippen molar-refractivity contribution in [2.75, 3.05) is 38.1 Å². The highest BCUT2D eigenvalue weighted by Gasteiger charge is 2.41. The van der Waals surface area contributed by atoms with E-state index in [2.05, 4.69) is 40.0 Å². The average Bonchev–Trinajstić information content (AvgIpc) is 3.10. The van der Waals surface area contributed by atoms with Crippen molar-refractivity contribution in [1.29, 1.82) is 0 Å². The monoisotopic (exact) mass is 300 g/mol. The fourth-order valence-electron chi connectivity index (χ4n) is 4.13. The van der Waals surface area contributed by atoms with E-state index in [9.17, 15) is 0 Å². The first-order valence-corrected chi connectivity index (χ1v) is 8.34. The van der Waals surface area contributed by atoms with Crippen molar-refractivity contribution in [3.63, 3.8) is 0 Å². The van der Waals surface area contributed by atoms with E-state index >= 15 is 0 Å². The van der Waals surface area contributed by atoms with Crippen LogP contribution in [0.25, 0.3) is 5.65 Å². The number of likely N-dealkylation sites (tertiary alicyclic amines) is 1. The van der Waals surface area contributed by atoms with Crippen molar-refractivity contribution >= 4 is 11.5 Å². The highest BCUT2D eigenvalue weighted by atomic mass is 15.4. The molecule has 0 bridgehead atoms. The Morgan fingerprint density at radius 2 is 2.05 bits per heavy atom. The maximum Gasteiger partial charge on any atom is 0.178 e. The van der Waals surface area contributed by atoms with E-state index in [1.165, 1.54) is 32.4 Å². The fourth-order valence-corrected chi connectivity index (χ4v) is 4.13. The highest BCUT2D eigenvalue weighted by molar-refractivity contribution is 5.46. The number of hydrogen-bond donors (Lipinski definition) is 0. The lowest BCUT2D eigenvalue weighted by atomic mass is 9.79. The summed E-state index contributed by atoms with van der Waals surface area (Å²) in [4.78, 5) is 4.93. The Hall–Kier alpha value is -1.69. The van der Waals surface area contributed by atoms with Gasteiger partial charge in [0, 0.05) is 31.5 Å². The minimum absolute atomic E-state index is 0.463. The van der Waals surface area contributed by atoms with Crippen LogP contribution >= 0.6 is 0 Å². The van der Waals surface area contributed by atoms with Crippen LogP contribution in [-0.4, -0.2) is 57.9 Å². The lowest BCUT2D eigenvalue weighted by Gasteiger charge is -2.38. The second-order valence-corrected chi connectivity index (χ2v) is 6.94. The van der Waals surface area contributed by atoms with Gasteiger partial charge in [0.15, 0.2) is 11.5 Å². The molecule has 2 aliphatic heterocycles. The molecule has 0 aromatic carbocycles. The Kier molecular flexibility index (Phi) is 3.29. The summed E-state index contributed by atoms with van der Waals surface area (Å²) in [6, 6.07) is 4.13. The van der Waals surface area contributed by atoms with Crippen molar-refractivity contribution in [3.05, 3.63) is 18.0 Å². The second-order valence-electron chi connectivity index (χ2n) is 6.94. The Morgan fingerprint density at radius 1 is 1.14 bits per heavy atom. The number of anilines is 1. The molecule has 22 heavy (non-hydrogen) atoms. The second kappa shape index (κ2) is 5.19. The predicted octanol–water partition coefficient (Wildman–Crippen LogP) is 1.61. The van der Waals surface area contributed by atoms with Crippen LogP contribution in [-0.2, 0) is 6.42 Å². The Morgan fingerprint density at radius 3 is 2.86 bits per heavy atom. The molecule has 2 aliphatic rings. The van der Waals surface area contributed by atoms with E-state index in [1.807, 2.05) is 10.6 Å². The number of aromatic nitrogens is 4. The molecule has 2 fully saturated rings. The molecule has 1 spiro atoms. The fraction of sp³-hybridized carbons (Fsp3) is 0.688. The number of hydrogen-bond acceptors (Lipinski definition) is 5. The van der Waals surface area contributed by atoms with Crippen LogP contribution in [0.15, 0.2) is 12.1 Å². The Bertz CT molecular complexity index is 680. The zero-order valence-electron chi connectivity index (χ0n) is 13.5. The third kappa shape index (κ3) is 2.26. The van der Waals surface area contributed by atoms with E-state index in [0.717, 1.165) is 36.8 Å². The largest absolute Gasteiger partial charge is 0.355 e. The first-order valence-electron chi connectivity index (χ1n) is 8.34. The minimum Gasteiger partial charge on any atom is -0.355 e. The predicted molar refractivity (Wildman–Crippen MR) is 86.2 cm³/mol. The molecule has 4 rings (SSSR count). The van der Waals surface area contributed by atoms with Crippen LogP contribution in [0.2, 0.25) is 0 Å². The van der Waals surface area contributed by atoms with E-state index < -0.39 is 0 Å². The average molecular weight is 300 g/mol. The summed E-state index contributed by atoms with van der Waals surface area (Å²) in [5.41, 5.74) is 1.30. The molecular weight excluding hydrogens is 276 g/mol. The van der Waals surface area contributed by atoms with E-state index in [-0.39, 0.29) is 0 Å². The van der Waals surface area contributed by atoms with Crippen molar-refractivity contribution in [1.82, 2.24) is 24.7 Å². The number of aryl methyl sites for hydroxylation is 1. The van der Waals surface area contributed by atoms with Gasteiger partial charge in [-0.1, -0.05) is 6.92 Å². The van der Waals surface area contributed by atoms with Gasteiger partial charge >= 0.3 is 0 Å². The molecule has 0 amide bonds. The number of nitrogens with zero attached hydrogens (tertiary/aromatic N) is 6. The lowest BCUT2D eigenvalue weighted by Crippen LogP contribution is -2.43. The summed E-state index contributed by atoms with van der Waals surface area (Å²) < 4.78 is 1.90. The number of fused-ring (bicyclic) bond motifs is 1. The SMILES string of the molecule is CCc1nnc2ccc(N3CC[C@@]4(CCCN(C)C4)C3)nn12. The van der Waals surface area contributed by atoms with Gasteiger partial charge < -0.3 is 9.80 Å². The maximum absolute atomic E-state index is 4.79. The van der Waals surface area contributed by atoms with Crippen LogP contribution in [0, 0.1) is 5.41 Å². The molecule has 0 saturated carbocycles. The van der Waals surface area contributed by atoms with Crippen molar-refractivity contribution in [2.45, 2.75) is 32.6 Å².